The smallest absolute Gasteiger partial charge is 0.333 e. The van der Waals surface area contributed by atoms with E-state index < -0.39 is 11.6 Å². The summed E-state index contributed by atoms with van der Waals surface area (Å²) in [5.74, 6) is -0.341. The molecule has 182 valence electrons. The van der Waals surface area contributed by atoms with E-state index in [0.717, 1.165) is 12.8 Å². The fraction of sp³-hybridized carbons (Fsp3) is 0.692. The molecule has 0 saturated heterocycles. The summed E-state index contributed by atoms with van der Waals surface area (Å²) in [5, 5.41) is 0. The Balaban J connectivity index is 3.69. The van der Waals surface area contributed by atoms with Crippen molar-refractivity contribution in [2.24, 2.45) is 0 Å². The molecule has 0 N–H and O–H groups in total. The predicted octanol–water partition coefficient (Wildman–Crippen LogP) is 4.51. The fourth-order valence-electron chi connectivity index (χ4n) is 4.60. The molecule has 1 aliphatic rings. The van der Waals surface area contributed by atoms with Gasteiger partial charge in [-0.3, -0.25) is 9.69 Å². The molecule has 1 rings (SSSR count). The molecular weight excluding hydrogens is 404 g/mol. The van der Waals surface area contributed by atoms with Crippen molar-refractivity contribution in [1.82, 2.24) is 9.80 Å². The first-order valence-electron chi connectivity index (χ1n) is 11.8. The molecule has 0 bridgehead atoms. The fourth-order valence-corrected chi connectivity index (χ4v) is 4.60. The summed E-state index contributed by atoms with van der Waals surface area (Å²) in [6, 6.07) is -0.427. The maximum Gasteiger partial charge on any atom is 0.333 e. The molecule has 0 unspecified atom stereocenters. The maximum absolute atomic E-state index is 13.0. The Morgan fingerprint density at radius 1 is 1.16 bits per heavy atom. The van der Waals surface area contributed by atoms with Crippen molar-refractivity contribution in [3.05, 3.63) is 37.0 Å². The number of amides is 1. The van der Waals surface area contributed by atoms with Gasteiger partial charge in [0.2, 0.25) is 5.91 Å². The van der Waals surface area contributed by atoms with Crippen LogP contribution >= 0.6 is 0 Å². The van der Waals surface area contributed by atoms with Crippen LogP contribution in [0.15, 0.2) is 37.0 Å². The van der Waals surface area contributed by atoms with Gasteiger partial charge in [-0.1, -0.05) is 26.0 Å². The van der Waals surface area contributed by atoms with E-state index in [2.05, 4.69) is 31.9 Å². The Kier molecular flexibility index (Phi) is 11.4. The van der Waals surface area contributed by atoms with Gasteiger partial charge in [-0.05, 0) is 53.0 Å². The monoisotopic (exact) mass is 448 g/mol. The maximum atomic E-state index is 13.0. The molecule has 0 aromatic heterocycles. The van der Waals surface area contributed by atoms with E-state index in [0.29, 0.717) is 31.7 Å². The zero-order chi connectivity index (χ0) is 24.5. The van der Waals surface area contributed by atoms with Gasteiger partial charge in [0.25, 0.3) is 0 Å². The van der Waals surface area contributed by atoms with Gasteiger partial charge in [0.15, 0.2) is 0 Å². The van der Waals surface area contributed by atoms with Crippen LogP contribution in [0.5, 0.6) is 0 Å². The quantitative estimate of drug-likeness (QED) is 0.325. The van der Waals surface area contributed by atoms with E-state index in [1.807, 2.05) is 43.9 Å². The molecule has 6 heteroatoms. The third kappa shape index (κ3) is 7.31. The van der Waals surface area contributed by atoms with Gasteiger partial charge in [-0.15, -0.1) is 13.2 Å². The van der Waals surface area contributed by atoms with E-state index >= 15 is 0 Å². The van der Waals surface area contributed by atoms with Gasteiger partial charge < -0.3 is 14.4 Å². The van der Waals surface area contributed by atoms with Crippen molar-refractivity contribution >= 4 is 11.9 Å². The third-order valence-electron chi connectivity index (χ3n) is 5.88. The van der Waals surface area contributed by atoms with E-state index in [1.54, 1.807) is 13.8 Å². The lowest BCUT2D eigenvalue weighted by Gasteiger charge is -2.51. The molecule has 0 aromatic rings. The van der Waals surface area contributed by atoms with Gasteiger partial charge >= 0.3 is 5.97 Å². The van der Waals surface area contributed by atoms with Crippen LogP contribution in [0.4, 0.5) is 0 Å². The first-order chi connectivity index (χ1) is 15.0. The second-order valence-corrected chi connectivity index (χ2v) is 9.30. The number of ether oxygens (including phenoxy) is 2. The lowest BCUT2D eigenvalue weighted by Crippen LogP contribution is -2.65. The first kappa shape index (κ1) is 28.1. The van der Waals surface area contributed by atoms with Crippen LogP contribution in [-0.4, -0.2) is 71.2 Å². The number of carbonyl (C=O) groups excluding carboxylic acids is 2. The Hall–Kier alpha value is -1.92. The zero-order valence-corrected chi connectivity index (χ0v) is 21.2. The van der Waals surface area contributed by atoms with Crippen LogP contribution in [0.25, 0.3) is 0 Å². The number of hydrogen-bond acceptors (Lipinski definition) is 5. The predicted molar refractivity (Wildman–Crippen MR) is 130 cm³/mol. The minimum Gasteiger partial charge on any atom is -0.463 e. The van der Waals surface area contributed by atoms with Crippen molar-refractivity contribution < 1.29 is 19.1 Å². The molecule has 6 nitrogen and oxygen atoms in total. The summed E-state index contributed by atoms with van der Waals surface area (Å²) in [4.78, 5) is 29.9. The van der Waals surface area contributed by atoms with Gasteiger partial charge in [0, 0.05) is 37.2 Å². The lowest BCUT2D eigenvalue weighted by atomic mass is 9.83. The van der Waals surface area contributed by atoms with Crippen LogP contribution in [0, 0.1) is 0 Å². The molecule has 0 fully saturated rings. The van der Waals surface area contributed by atoms with Gasteiger partial charge in [-0.2, -0.15) is 0 Å². The first-order valence-corrected chi connectivity index (χ1v) is 11.8. The molecule has 32 heavy (non-hydrogen) atoms. The normalized spacial score (nSPS) is 21.3. The number of nitrogens with zero attached hydrogens (tertiary/aromatic N) is 2. The second-order valence-electron chi connectivity index (χ2n) is 9.30. The lowest BCUT2D eigenvalue weighted by molar-refractivity contribution is -0.149. The Bertz CT molecular complexity index is 666. The highest BCUT2D eigenvalue weighted by Crippen LogP contribution is 2.34. The second kappa shape index (κ2) is 12.9. The van der Waals surface area contributed by atoms with Crippen molar-refractivity contribution in [2.45, 2.75) is 97.6 Å². The van der Waals surface area contributed by atoms with E-state index in [1.165, 1.54) is 0 Å². The van der Waals surface area contributed by atoms with Crippen LogP contribution in [-0.2, 0) is 19.1 Å². The molecule has 1 aliphatic carbocycles. The zero-order valence-electron chi connectivity index (χ0n) is 21.2. The summed E-state index contributed by atoms with van der Waals surface area (Å²) in [5.41, 5.74) is 0.174. The minimum absolute atomic E-state index is 0.0178. The van der Waals surface area contributed by atoms with Gasteiger partial charge in [0.1, 0.15) is 0 Å². The van der Waals surface area contributed by atoms with Crippen molar-refractivity contribution in [1.29, 1.82) is 0 Å². The van der Waals surface area contributed by atoms with Gasteiger partial charge in [0.05, 0.1) is 24.9 Å². The van der Waals surface area contributed by atoms with Crippen LogP contribution < -0.4 is 0 Å². The Morgan fingerprint density at radius 3 is 2.12 bits per heavy atom. The van der Waals surface area contributed by atoms with Crippen LogP contribution in [0.1, 0.15) is 67.7 Å². The number of esters is 1. The Labute approximate surface area is 195 Å². The molecule has 1 amide bonds. The summed E-state index contributed by atoms with van der Waals surface area (Å²) < 4.78 is 11.9. The highest BCUT2D eigenvalue weighted by Gasteiger charge is 2.46. The standard InChI is InChI=1S/C26H44N2O4/c1-10-15-27(16-11-2)22-17-20(25(30)31-14-5)18-23(32-21(12-3)13-4)24(22)28(19(6)29)26(7,8)9/h10-11,18,21-24H,1-2,12-17H2,3-9H3/t22-,23-,24+/m0/s1. The molecular formula is C26H44N2O4. The molecule has 0 aliphatic heterocycles. The van der Waals surface area contributed by atoms with E-state index in [-0.39, 0.29) is 30.1 Å². The summed E-state index contributed by atoms with van der Waals surface area (Å²) in [6.07, 6.45) is 7.34. The summed E-state index contributed by atoms with van der Waals surface area (Å²) in [7, 11) is 0. The molecule has 0 spiro atoms. The molecule has 0 heterocycles. The largest absolute Gasteiger partial charge is 0.463 e. The van der Waals surface area contributed by atoms with Crippen molar-refractivity contribution in [3.8, 4) is 0 Å². The van der Waals surface area contributed by atoms with Crippen LogP contribution in [0.2, 0.25) is 0 Å². The van der Waals surface area contributed by atoms with Crippen molar-refractivity contribution in [2.75, 3.05) is 19.7 Å². The molecule has 3 atom stereocenters. The average molecular weight is 449 g/mol. The minimum atomic E-state index is -0.432. The molecule has 0 radical (unpaired) electrons. The number of rotatable bonds is 12. The van der Waals surface area contributed by atoms with Crippen LogP contribution in [0.3, 0.4) is 0 Å². The Morgan fingerprint density at radius 2 is 1.72 bits per heavy atom. The highest BCUT2D eigenvalue weighted by molar-refractivity contribution is 5.89. The number of carbonyl (C=O) groups is 2. The molecule has 0 saturated carbocycles. The van der Waals surface area contributed by atoms with Gasteiger partial charge in [-0.25, -0.2) is 4.79 Å². The van der Waals surface area contributed by atoms with E-state index in [4.69, 9.17) is 9.47 Å². The SMILES string of the molecule is C=CCN(CC=C)[C@H]1CC(C(=O)OCC)=C[C@H](OC(CC)CC)[C@@H]1N(C(C)=O)C(C)(C)C. The average Bonchev–Trinajstić information content (AvgIpc) is 2.71. The molecule has 0 aromatic carbocycles. The third-order valence-corrected chi connectivity index (χ3v) is 5.88. The van der Waals surface area contributed by atoms with E-state index in [9.17, 15) is 9.59 Å². The highest BCUT2D eigenvalue weighted by atomic mass is 16.5. The van der Waals surface area contributed by atoms with Crippen molar-refractivity contribution in [3.63, 3.8) is 0 Å². The topological polar surface area (TPSA) is 59.1 Å². The summed E-state index contributed by atoms with van der Waals surface area (Å²) in [6.45, 7) is 23.1. The summed E-state index contributed by atoms with van der Waals surface area (Å²) >= 11 is 0. The number of hydrogen-bond donors (Lipinski definition) is 0.